The van der Waals surface area contributed by atoms with Gasteiger partial charge < -0.3 is 21.7 Å². The predicted octanol–water partition coefficient (Wildman–Crippen LogP) is 2.15. The van der Waals surface area contributed by atoms with Gasteiger partial charge in [0.1, 0.15) is 0 Å². The highest BCUT2D eigenvalue weighted by molar-refractivity contribution is 5.89. The van der Waals surface area contributed by atoms with Gasteiger partial charge in [0.25, 0.3) is 0 Å². The lowest BCUT2D eigenvalue weighted by molar-refractivity contribution is -0.122. The number of carbonyl (C=O) groups is 2. The van der Waals surface area contributed by atoms with Crippen molar-refractivity contribution in [3.8, 4) is 0 Å². The number of amides is 3. The quantitative estimate of drug-likeness (QED) is 0.581. The average Bonchev–Trinajstić information content (AvgIpc) is 2.66. The van der Waals surface area contributed by atoms with Crippen LogP contribution in [-0.4, -0.2) is 23.0 Å². The van der Waals surface area contributed by atoms with E-state index in [4.69, 9.17) is 5.73 Å². The fraction of sp³-hybridized carbons (Fsp3) is 0.316. The van der Waals surface area contributed by atoms with Crippen LogP contribution < -0.4 is 21.7 Å². The molecule has 2 aromatic rings. The van der Waals surface area contributed by atoms with E-state index in [1.165, 1.54) is 0 Å². The van der Waals surface area contributed by atoms with Gasteiger partial charge in [0.2, 0.25) is 5.91 Å². The van der Waals surface area contributed by atoms with E-state index >= 15 is 0 Å². The average molecular weight is 355 g/mol. The number of carbonyl (C=O) groups excluding carboxylic acids is 2. The number of anilines is 1. The molecule has 0 aliphatic carbocycles. The maximum absolute atomic E-state index is 12.0. The van der Waals surface area contributed by atoms with Crippen molar-refractivity contribution in [1.82, 2.24) is 15.6 Å². The van der Waals surface area contributed by atoms with Gasteiger partial charge in [0.15, 0.2) is 0 Å². The molecular formula is C19H25N5O2. The zero-order valence-corrected chi connectivity index (χ0v) is 14.9. The summed E-state index contributed by atoms with van der Waals surface area (Å²) in [5.41, 5.74) is 8.29. The lowest BCUT2D eigenvalue weighted by atomic mass is 10.1. The minimum absolute atomic E-state index is 0.166. The van der Waals surface area contributed by atoms with E-state index in [2.05, 4.69) is 20.9 Å². The van der Waals surface area contributed by atoms with Crippen molar-refractivity contribution in [3.63, 3.8) is 0 Å². The molecule has 2 rings (SSSR count). The number of benzene rings is 1. The van der Waals surface area contributed by atoms with Gasteiger partial charge in [-0.05, 0) is 41.8 Å². The van der Waals surface area contributed by atoms with Gasteiger partial charge in [-0.3, -0.25) is 9.78 Å². The highest BCUT2D eigenvalue weighted by atomic mass is 16.2. The summed E-state index contributed by atoms with van der Waals surface area (Å²) < 4.78 is 0. The number of hydrogen-bond acceptors (Lipinski definition) is 4. The monoisotopic (exact) mass is 355 g/mol. The van der Waals surface area contributed by atoms with Gasteiger partial charge >= 0.3 is 6.03 Å². The Kier molecular flexibility index (Phi) is 7.57. The lowest BCUT2D eigenvalue weighted by Crippen LogP contribution is -2.40. The summed E-state index contributed by atoms with van der Waals surface area (Å²) in [7, 11) is 0. The van der Waals surface area contributed by atoms with Crippen molar-refractivity contribution in [1.29, 1.82) is 0 Å². The van der Waals surface area contributed by atoms with Gasteiger partial charge in [-0.1, -0.05) is 25.5 Å². The van der Waals surface area contributed by atoms with E-state index in [9.17, 15) is 9.59 Å². The first-order valence-electron chi connectivity index (χ1n) is 8.64. The first kappa shape index (κ1) is 19.4. The second-order valence-corrected chi connectivity index (χ2v) is 5.98. The van der Waals surface area contributed by atoms with Crippen LogP contribution in [-0.2, 0) is 17.9 Å². The standard InChI is InChI=1S/C19H25N5O2/c1-2-4-17(20)18(25)22-13-15-5-3-6-16(11-15)24-19(26)23-12-14-7-9-21-10-8-14/h3,5-11,17H,2,4,12-13,20H2,1H3,(H,22,25)(H2,23,24,26). The van der Waals surface area contributed by atoms with Crippen molar-refractivity contribution < 1.29 is 9.59 Å². The summed E-state index contributed by atoms with van der Waals surface area (Å²) >= 11 is 0. The number of aromatic nitrogens is 1. The summed E-state index contributed by atoms with van der Waals surface area (Å²) in [5.74, 6) is -0.166. The van der Waals surface area contributed by atoms with Gasteiger partial charge in [-0.25, -0.2) is 4.79 Å². The van der Waals surface area contributed by atoms with E-state index in [0.717, 1.165) is 17.5 Å². The molecule has 3 amide bonds. The molecule has 1 heterocycles. The lowest BCUT2D eigenvalue weighted by Gasteiger charge is -2.12. The molecule has 0 aliphatic heterocycles. The number of pyridine rings is 1. The van der Waals surface area contributed by atoms with Gasteiger partial charge in [-0.15, -0.1) is 0 Å². The number of nitrogens with zero attached hydrogens (tertiary/aromatic N) is 1. The van der Waals surface area contributed by atoms with Crippen LogP contribution in [0.25, 0.3) is 0 Å². The molecule has 0 bridgehead atoms. The Morgan fingerprint density at radius 2 is 1.81 bits per heavy atom. The Balaban J connectivity index is 1.82. The van der Waals surface area contributed by atoms with Crippen LogP contribution in [0.1, 0.15) is 30.9 Å². The van der Waals surface area contributed by atoms with E-state index in [0.29, 0.717) is 25.2 Å². The minimum Gasteiger partial charge on any atom is -0.351 e. The normalized spacial score (nSPS) is 11.5. The van der Waals surface area contributed by atoms with Gasteiger partial charge in [-0.2, -0.15) is 0 Å². The Hall–Kier alpha value is -2.93. The fourth-order valence-electron chi connectivity index (χ4n) is 2.38. The van der Waals surface area contributed by atoms with Crippen LogP contribution in [0.15, 0.2) is 48.8 Å². The Labute approximate surface area is 153 Å². The van der Waals surface area contributed by atoms with Crippen molar-refractivity contribution in [2.45, 2.75) is 38.9 Å². The molecule has 0 saturated carbocycles. The topological polar surface area (TPSA) is 109 Å². The third kappa shape index (κ3) is 6.52. The summed E-state index contributed by atoms with van der Waals surface area (Å²) in [4.78, 5) is 27.8. The first-order chi connectivity index (χ1) is 12.6. The molecule has 138 valence electrons. The Morgan fingerprint density at radius 1 is 1.08 bits per heavy atom. The van der Waals surface area contributed by atoms with Gasteiger partial charge in [0.05, 0.1) is 6.04 Å². The van der Waals surface area contributed by atoms with Crippen LogP contribution in [0.4, 0.5) is 10.5 Å². The highest BCUT2D eigenvalue weighted by Gasteiger charge is 2.11. The van der Waals surface area contributed by atoms with Crippen LogP contribution in [0.3, 0.4) is 0 Å². The number of urea groups is 1. The van der Waals surface area contributed by atoms with Crippen LogP contribution in [0, 0.1) is 0 Å². The second-order valence-electron chi connectivity index (χ2n) is 5.98. The molecule has 0 spiro atoms. The molecule has 0 saturated heterocycles. The largest absolute Gasteiger partial charge is 0.351 e. The summed E-state index contributed by atoms with van der Waals surface area (Å²) in [6, 6.07) is 10.2. The van der Waals surface area contributed by atoms with Crippen LogP contribution in [0.2, 0.25) is 0 Å². The SMILES string of the molecule is CCCC(N)C(=O)NCc1cccc(NC(=O)NCc2ccncc2)c1. The molecule has 1 aromatic heterocycles. The second kappa shape index (κ2) is 10.1. The molecule has 0 radical (unpaired) electrons. The van der Waals surface area contributed by atoms with Crippen molar-refractivity contribution in [2.75, 3.05) is 5.32 Å². The molecular weight excluding hydrogens is 330 g/mol. The van der Waals surface area contributed by atoms with Crippen molar-refractivity contribution in [2.24, 2.45) is 5.73 Å². The number of rotatable bonds is 8. The third-order valence-corrected chi connectivity index (χ3v) is 3.79. The molecule has 1 unspecified atom stereocenters. The van der Waals surface area contributed by atoms with Crippen molar-refractivity contribution in [3.05, 3.63) is 59.9 Å². The molecule has 7 nitrogen and oxygen atoms in total. The third-order valence-electron chi connectivity index (χ3n) is 3.79. The Morgan fingerprint density at radius 3 is 2.54 bits per heavy atom. The summed E-state index contributed by atoms with van der Waals surface area (Å²) in [6.45, 7) is 2.77. The van der Waals surface area contributed by atoms with E-state index in [1.54, 1.807) is 18.5 Å². The molecule has 7 heteroatoms. The number of hydrogen-bond donors (Lipinski definition) is 4. The van der Waals surface area contributed by atoms with E-state index in [1.807, 2.05) is 37.3 Å². The van der Waals surface area contributed by atoms with Crippen LogP contribution in [0.5, 0.6) is 0 Å². The smallest absolute Gasteiger partial charge is 0.319 e. The fourth-order valence-corrected chi connectivity index (χ4v) is 2.38. The maximum Gasteiger partial charge on any atom is 0.319 e. The number of nitrogens with two attached hydrogens (primary N) is 1. The zero-order chi connectivity index (χ0) is 18.8. The zero-order valence-electron chi connectivity index (χ0n) is 14.9. The number of nitrogens with one attached hydrogen (secondary N) is 3. The predicted molar refractivity (Wildman–Crippen MR) is 101 cm³/mol. The minimum atomic E-state index is -0.486. The molecule has 5 N–H and O–H groups in total. The van der Waals surface area contributed by atoms with Crippen LogP contribution >= 0.6 is 0 Å². The molecule has 26 heavy (non-hydrogen) atoms. The van der Waals surface area contributed by atoms with Gasteiger partial charge in [0, 0.05) is 31.2 Å². The van der Waals surface area contributed by atoms with E-state index < -0.39 is 6.04 Å². The molecule has 0 aliphatic rings. The maximum atomic E-state index is 12.0. The molecule has 1 atom stereocenters. The molecule has 0 fully saturated rings. The molecule has 1 aromatic carbocycles. The highest BCUT2D eigenvalue weighted by Crippen LogP contribution is 2.10. The summed E-state index contributed by atoms with van der Waals surface area (Å²) in [6.07, 6.45) is 4.88. The first-order valence-corrected chi connectivity index (χ1v) is 8.64. The summed E-state index contributed by atoms with van der Waals surface area (Å²) in [5, 5.41) is 8.37. The van der Waals surface area contributed by atoms with E-state index in [-0.39, 0.29) is 11.9 Å². The van der Waals surface area contributed by atoms with Crippen molar-refractivity contribution >= 4 is 17.6 Å². The Bertz CT molecular complexity index is 721.